The number of hydrogen-bond acceptors (Lipinski definition) is 12. The summed E-state index contributed by atoms with van der Waals surface area (Å²) in [5.41, 5.74) is 7.27. The smallest absolute Gasteiger partial charge is 0.160 e. The summed E-state index contributed by atoms with van der Waals surface area (Å²) >= 11 is 0. The number of methoxy groups -OCH3 is 1. The minimum Gasteiger partial charge on any atom is -0.507 e. The van der Waals surface area contributed by atoms with Crippen LogP contribution >= 0.6 is 0 Å². The fourth-order valence-electron chi connectivity index (χ4n) is 12.0. The number of aromatic hydroxyl groups is 2. The van der Waals surface area contributed by atoms with Crippen molar-refractivity contribution in [1.82, 2.24) is 16.0 Å². The molecule has 0 saturated heterocycles. The first kappa shape index (κ1) is 44.9. The molecule has 1 fully saturated rings. The third kappa shape index (κ3) is 8.38. The van der Waals surface area contributed by atoms with E-state index in [0.29, 0.717) is 82.8 Å². The lowest BCUT2D eigenvalue weighted by atomic mass is 9.64. The molecule has 12 heteroatoms. The molecule has 350 valence electrons. The van der Waals surface area contributed by atoms with Crippen LogP contribution in [0.5, 0.6) is 28.7 Å². The number of allylic oxidation sites excluding steroid dienone is 1. The van der Waals surface area contributed by atoms with Crippen LogP contribution in [-0.4, -0.2) is 90.5 Å². The summed E-state index contributed by atoms with van der Waals surface area (Å²) in [4.78, 5) is 4.67. The quantitative estimate of drug-likeness (QED) is 0.0508. The van der Waals surface area contributed by atoms with Gasteiger partial charge in [0, 0.05) is 60.4 Å². The predicted molar refractivity (Wildman–Crippen MR) is 255 cm³/mol. The Labute approximate surface area is 387 Å². The Hall–Kier alpha value is -4.95. The van der Waals surface area contributed by atoms with Gasteiger partial charge in [0.1, 0.15) is 29.0 Å². The molecule has 66 heavy (non-hydrogen) atoms. The first-order chi connectivity index (χ1) is 32.0. The van der Waals surface area contributed by atoms with Crippen molar-refractivity contribution in [3.63, 3.8) is 0 Å². The Morgan fingerprint density at radius 3 is 2.56 bits per heavy atom. The number of nitrogens with zero attached hydrogens (tertiary/aromatic N) is 1. The van der Waals surface area contributed by atoms with Crippen LogP contribution in [0.4, 0.5) is 0 Å². The number of fused-ring (bicyclic) bond motifs is 8. The summed E-state index contributed by atoms with van der Waals surface area (Å²) in [6.07, 6.45) is 13.2. The van der Waals surface area contributed by atoms with E-state index in [1.54, 1.807) is 19.2 Å². The van der Waals surface area contributed by atoms with E-state index in [2.05, 4.69) is 77.3 Å². The Balaban J connectivity index is 1.13. The molecular weight excluding hydrogens is 833 g/mol. The van der Waals surface area contributed by atoms with Gasteiger partial charge in [-0.3, -0.25) is 10.3 Å². The van der Waals surface area contributed by atoms with Crippen molar-refractivity contribution in [2.45, 2.75) is 120 Å². The van der Waals surface area contributed by atoms with E-state index in [4.69, 9.17) is 18.9 Å². The Morgan fingerprint density at radius 1 is 0.939 bits per heavy atom. The number of phenols is 2. The van der Waals surface area contributed by atoms with Crippen molar-refractivity contribution in [1.29, 1.82) is 0 Å². The predicted octanol–water partition coefficient (Wildman–Crippen LogP) is 6.18. The monoisotopic (exact) mass is 898 g/mol. The normalized spacial score (nSPS) is 24.5. The molecule has 3 aliphatic heterocycles. The molecule has 12 nitrogen and oxygen atoms in total. The van der Waals surface area contributed by atoms with Gasteiger partial charge < -0.3 is 50.0 Å². The summed E-state index contributed by atoms with van der Waals surface area (Å²) in [5.74, 6) is 2.49. The molecule has 6 unspecified atom stereocenters. The minimum atomic E-state index is -0.987. The van der Waals surface area contributed by atoms with E-state index in [0.717, 1.165) is 79.4 Å². The maximum Gasteiger partial charge on any atom is 0.160 e. The molecule has 4 aromatic carbocycles. The highest BCUT2D eigenvalue weighted by Gasteiger charge is 2.51. The molecule has 6 aliphatic rings. The Bertz CT molecular complexity index is 2640. The maximum atomic E-state index is 11.5. The minimum absolute atomic E-state index is 0.0160. The highest BCUT2D eigenvalue weighted by molar-refractivity contribution is 5.89. The fourth-order valence-corrected chi connectivity index (χ4v) is 12.0. The van der Waals surface area contributed by atoms with Crippen molar-refractivity contribution in [3.8, 4) is 39.9 Å². The Morgan fingerprint density at radius 2 is 1.76 bits per heavy atom. The van der Waals surface area contributed by atoms with E-state index in [1.807, 2.05) is 19.1 Å². The zero-order chi connectivity index (χ0) is 45.7. The molecule has 3 aliphatic carbocycles. The summed E-state index contributed by atoms with van der Waals surface area (Å²) in [5, 5.41) is 57.1. The summed E-state index contributed by atoms with van der Waals surface area (Å²) in [6, 6.07) is 16.2. The number of ether oxygens (including phenoxy) is 4. The van der Waals surface area contributed by atoms with Crippen molar-refractivity contribution in [2.75, 3.05) is 46.8 Å². The van der Waals surface area contributed by atoms with E-state index in [9.17, 15) is 20.4 Å². The third-order valence-electron chi connectivity index (χ3n) is 15.0. The van der Waals surface area contributed by atoms with Gasteiger partial charge in [0.25, 0.3) is 0 Å². The average Bonchev–Trinajstić information content (AvgIpc) is 4.02. The molecule has 0 radical (unpaired) electrons. The lowest BCUT2D eigenvalue weighted by Crippen LogP contribution is -2.56. The van der Waals surface area contributed by atoms with Gasteiger partial charge in [-0.2, -0.15) is 0 Å². The molecule has 0 bridgehead atoms. The van der Waals surface area contributed by atoms with Crippen LogP contribution in [-0.2, 0) is 24.0 Å². The second kappa shape index (κ2) is 18.3. The maximum absolute atomic E-state index is 11.5. The molecule has 0 spiro atoms. The number of hydrogen-bond donors (Lipinski definition) is 7. The van der Waals surface area contributed by atoms with Gasteiger partial charge in [-0.15, -0.1) is 0 Å². The molecule has 6 atom stereocenters. The van der Waals surface area contributed by atoms with Gasteiger partial charge in [0.2, 0.25) is 0 Å². The zero-order valence-corrected chi connectivity index (χ0v) is 38.8. The SMILES string of the molecule is COc1cc(C2Oc3c(c4c(c5c3CCC(CO)O5)-c3ccc(O)c5c3C(C4)C(c3ccc4c(c3)=CCN=4)C=C5)CC2(CNCNCC(C)(O)CC(C)C)OCNC2CCCC2)ccc1O. The van der Waals surface area contributed by atoms with Gasteiger partial charge in [-0.05, 0) is 121 Å². The van der Waals surface area contributed by atoms with Gasteiger partial charge in [-0.1, -0.05) is 63.1 Å². The lowest BCUT2D eigenvalue weighted by Gasteiger charge is -2.48. The molecule has 1 saturated carbocycles. The second-order valence-corrected chi connectivity index (χ2v) is 20.2. The van der Waals surface area contributed by atoms with Crippen LogP contribution in [0.2, 0.25) is 0 Å². The van der Waals surface area contributed by atoms with Crippen LogP contribution in [0.25, 0.3) is 23.3 Å². The van der Waals surface area contributed by atoms with Gasteiger partial charge >= 0.3 is 0 Å². The largest absolute Gasteiger partial charge is 0.507 e. The van der Waals surface area contributed by atoms with E-state index >= 15 is 0 Å². The summed E-state index contributed by atoms with van der Waals surface area (Å²) < 4.78 is 27.5. The standard InChI is InChI=1S/C54H66N4O8/c1-31(2)24-53(3,62)27-55-29-56-28-54(64-30-58-35-7-5-6-8-35)25-43-42-23-41-37(32-9-16-44-33(21-32)19-20-57-44)13-14-38-45(60)18-15-39(48(38)41)49(42)51-40(12-11-36(26-59)65-51)50(43)66-52(54)34-10-17-46(61)47(22-34)63-4/h9-10,13-19,21-22,31,35-37,41,52,55-56,58-62H,5-8,11-12,20,23-30H2,1-4H3. The van der Waals surface area contributed by atoms with Crippen LogP contribution in [0.15, 0.2) is 59.6 Å². The van der Waals surface area contributed by atoms with Crippen molar-refractivity contribution >= 4 is 12.2 Å². The van der Waals surface area contributed by atoms with E-state index in [-0.39, 0.29) is 36.0 Å². The molecule has 0 amide bonds. The number of aliphatic hydroxyl groups is 2. The van der Waals surface area contributed by atoms with Crippen molar-refractivity contribution < 1.29 is 39.4 Å². The number of nitrogens with one attached hydrogen (secondary N) is 3. The topological polar surface area (TPSA) is 166 Å². The van der Waals surface area contributed by atoms with Crippen LogP contribution in [0, 0.1) is 5.92 Å². The average molecular weight is 899 g/mol. The summed E-state index contributed by atoms with van der Waals surface area (Å²) in [7, 11) is 1.55. The third-order valence-corrected chi connectivity index (χ3v) is 15.0. The van der Waals surface area contributed by atoms with Crippen molar-refractivity contribution in [2.24, 2.45) is 10.9 Å². The van der Waals surface area contributed by atoms with Crippen LogP contribution < -0.4 is 40.7 Å². The van der Waals surface area contributed by atoms with E-state index < -0.39 is 17.3 Å². The fraction of sp³-hybridized carbons (Fsp3) is 0.500. The second-order valence-electron chi connectivity index (χ2n) is 20.2. The summed E-state index contributed by atoms with van der Waals surface area (Å²) in [6.45, 7) is 8.24. The molecule has 0 aromatic heterocycles. The first-order valence-corrected chi connectivity index (χ1v) is 24.2. The van der Waals surface area contributed by atoms with Crippen LogP contribution in [0.1, 0.15) is 116 Å². The molecule has 4 aromatic rings. The molecule has 3 heterocycles. The van der Waals surface area contributed by atoms with Gasteiger partial charge in [-0.25, -0.2) is 0 Å². The lowest BCUT2D eigenvalue weighted by molar-refractivity contribution is -0.131. The molecule has 7 N–H and O–H groups in total. The first-order valence-electron chi connectivity index (χ1n) is 24.2. The number of phenolic OH excluding ortho intramolecular Hbond substituents is 2. The van der Waals surface area contributed by atoms with Gasteiger partial charge in [0.05, 0.1) is 38.0 Å². The van der Waals surface area contributed by atoms with Crippen molar-refractivity contribution in [3.05, 3.63) is 104 Å². The number of rotatable bonds is 16. The molecular formula is C54H66N4O8. The highest BCUT2D eigenvalue weighted by Crippen LogP contribution is 2.60. The highest BCUT2D eigenvalue weighted by atomic mass is 16.6. The number of aliphatic hydroxyl groups excluding tert-OH is 1. The zero-order valence-electron chi connectivity index (χ0n) is 38.8. The van der Waals surface area contributed by atoms with Crippen LogP contribution in [0.3, 0.4) is 0 Å². The Kier molecular flexibility index (Phi) is 12.4. The van der Waals surface area contributed by atoms with Gasteiger partial charge in [0.15, 0.2) is 17.6 Å². The number of benzene rings is 4. The van der Waals surface area contributed by atoms with E-state index in [1.165, 1.54) is 18.4 Å². The molecule has 10 rings (SSSR count).